The summed E-state index contributed by atoms with van der Waals surface area (Å²) in [6.45, 7) is 6.07. The van der Waals surface area contributed by atoms with Gasteiger partial charge in [-0.05, 0) is 68.4 Å². The summed E-state index contributed by atoms with van der Waals surface area (Å²) in [5, 5.41) is 2.08. The predicted octanol–water partition coefficient (Wildman–Crippen LogP) is 3.48. The normalized spacial score (nSPS) is 21.9. The van der Waals surface area contributed by atoms with Gasteiger partial charge in [-0.1, -0.05) is 12.1 Å². The maximum Gasteiger partial charge on any atom is 0.227 e. The largest absolute Gasteiger partial charge is 0.340 e. The standard InChI is InChI=1S/C23H32N4OS/c1-25(18-22-7-4-14-29-22)23(28)20-6-3-11-27(17-20)21-8-12-26(13-9-21)16-19-5-2-10-24-15-19/h2,4-5,7,10,14-15,20-21H,3,6,8-9,11-13,16-18H2,1H3/t20-/m1/s1. The lowest BCUT2D eigenvalue weighted by molar-refractivity contribution is -0.137. The van der Waals surface area contributed by atoms with Gasteiger partial charge in [0.25, 0.3) is 0 Å². The lowest BCUT2D eigenvalue weighted by Gasteiger charge is -2.42. The van der Waals surface area contributed by atoms with Crippen LogP contribution in [0.2, 0.25) is 0 Å². The third-order valence-electron chi connectivity index (χ3n) is 6.35. The fourth-order valence-electron chi connectivity index (χ4n) is 4.76. The fourth-order valence-corrected chi connectivity index (χ4v) is 5.52. The monoisotopic (exact) mass is 412 g/mol. The number of aromatic nitrogens is 1. The first kappa shape index (κ1) is 20.5. The van der Waals surface area contributed by atoms with E-state index in [-0.39, 0.29) is 5.92 Å². The first-order chi connectivity index (χ1) is 14.2. The van der Waals surface area contributed by atoms with E-state index in [2.05, 4.69) is 38.4 Å². The van der Waals surface area contributed by atoms with Crippen molar-refractivity contribution in [2.75, 3.05) is 33.2 Å². The van der Waals surface area contributed by atoms with Crippen LogP contribution in [0.4, 0.5) is 0 Å². The summed E-state index contributed by atoms with van der Waals surface area (Å²) < 4.78 is 0. The van der Waals surface area contributed by atoms with Crippen molar-refractivity contribution in [3.63, 3.8) is 0 Å². The van der Waals surface area contributed by atoms with E-state index in [1.807, 2.05) is 30.4 Å². The summed E-state index contributed by atoms with van der Waals surface area (Å²) >= 11 is 1.73. The molecule has 2 aliphatic rings. The molecule has 0 unspecified atom stereocenters. The van der Waals surface area contributed by atoms with Gasteiger partial charge in [0.1, 0.15) is 0 Å². The molecule has 1 atom stereocenters. The van der Waals surface area contributed by atoms with Crippen LogP contribution in [-0.2, 0) is 17.9 Å². The Bertz CT molecular complexity index is 758. The summed E-state index contributed by atoms with van der Waals surface area (Å²) in [5.41, 5.74) is 1.29. The molecule has 1 amide bonds. The number of rotatable bonds is 6. The van der Waals surface area contributed by atoms with Crippen molar-refractivity contribution in [1.82, 2.24) is 19.7 Å². The average molecular weight is 413 g/mol. The van der Waals surface area contributed by atoms with Crippen molar-refractivity contribution >= 4 is 17.2 Å². The third kappa shape index (κ3) is 5.44. The molecule has 156 valence electrons. The number of hydrogen-bond donors (Lipinski definition) is 0. The highest BCUT2D eigenvalue weighted by molar-refractivity contribution is 7.09. The summed E-state index contributed by atoms with van der Waals surface area (Å²) in [6, 6.07) is 8.97. The molecule has 29 heavy (non-hydrogen) atoms. The summed E-state index contributed by atoms with van der Waals surface area (Å²) in [6.07, 6.45) is 8.38. The smallest absolute Gasteiger partial charge is 0.227 e. The SMILES string of the molecule is CN(Cc1cccs1)C(=O)[C@@H]1CCCN(C2CCN(Cc3cccnc3)CC2)C1. The highest BCUT2D eigenvalue weighted by atomic mass is 32.1. The van der Waals surface area contributed by atoms with Gasteiger partial charge in [-0.25, -0.2) is 0 Å². The van der Waals surface area contributed by atoms with Crippen LogP contribution in [-0.4, -0.2) is 64.9 Å². The van der Waals surface area contributed by atoms with E-state index in [0.29, 0.717) is 11.9 Å². The zero-order valence-corrected chi connectivity index (χ0v) is 18.2. The average Bonchev–Trinajstić information content (AvgIpc) is 3.27. The summed E-state index contributed by atoms with van der Waals surface area (Å²) in [5.74, 6) is 0.472. The number of carbonyl (C=O) groups is 1. The van der Waals surface area contributed by atoms with E-state index in [4.69, 9.17) is 0 Å². The molecule has 2 fully saturated rings. The quantitative estimate of drug-likeness (QED) is 0.728. The van der Waals surface area contributed by atoms with Crippen LogP contribution in [0.3, 0.4) is 0 Å². The Balaban J connectivity index is 1.26. The van der Waals surface area contributed by atoms with Crippen LogP contribution < -0.4 is 0 Å². The Morgan fingerprint density at radius 2 is 2.07 bits per heavy atom. The van der Waals surface area contributed by atoms with Crippen molar-refractivity contribution < 1.29 is 4.79 Å². The van der Waals surface area contributed by atoms with E-state index in [0.717, 1.165) is 52.1 Å². The molecule has 2 aromatic rings. The molecule has 0 aromatic carbocycles. The highest BCUT2D eigenvalue weighted by Crippen LogP contribution is 2.26. The molecule has 0 aliphatic carbocycles. The van der Waals surface area contributed by atoms with Crippen LogP contribution in [0.15, 0.2) is 42.0 Å². The molecule has 4 rings (SSSR count). The van der Waals surface area contributed by atoms with Crippen molar-refractivity contribution in [3.8, 4) is 0 Å². The van der Waals surface area contributed by atoms with E-state index in [1.165, 1.54) is 23.3 Å². The van der Waals surface area contributed by atoms with Gasteiger partial charge in [0, 0.05) is 43.4 Å². The van der Waals surface area contributed by atoms with E-state index >= 15 is 0 Å². The Morgan fingerprint density at radius 1 is 1.21 bits per heavy atom. The van der Waals surface area contributed by atoms with Crippen LogP contribution in [0.5, 0.6) is 0 Å². The van der Waals surface area contributed by atoms with Gasteiger partial charge in [0.05, 0.1) is 12.5 Å². The van der Waals surface area contributed by atoms with Gasteiger partial charge in [0.2, 0.25) is 5.91 Å². The molecule has 4 heterocycles. The summed E-state index contributed by atoms with van der Waals surface area (Å²) in [7, 11) is 1.96. The maximum absolute atomic E-state index is 13.0. The van der Waals surface area contributed by atoms with Gasteiger partial charge < -0.3 is 4.90 Å². The molecular formula is C23H32N4OS. The first-order valence-electron chi connectivity index (χ1n) is 10.8. The number of nitrogens with zero attached hydrogens (tertiary/aromatic N) is 4. The second-order valence-electron chi connectivity index (χ2n) is 8.48. The molecule has 2 aliphatic heterocycles. The predicted molar refractivity (Wildman–Crippen MR) is 118 cm³/mol. The van der Waals surface area contributed by atoms with Crippen LogP contribution in [0.25, 0.3) is 0 Å². The second kappa shape index (κ2) is 9.83. The van der Waals surface area contributed by atoms with Gasteiger partial charge in [-0.2, -0.15) is 0 Å². The van der Waals surface area contributed by atoms with Gasteiger partial charge in [-0.3, -0.25) is 19.6 Å². The zero-order valence-electron chi connectivity index (χ0n) is 17.4. The molecule has 2 aromatic heterocycles. The topological polar surface area (TPSA) is 39.7 Å². The molecule has 6 heteroatoms. The number of thiophene rings is 1. The Kier molecular flexibility index (Phi) is 6.95. The molecule has 0 saturated carbocycles. The minimum Gasteiger partial charge on any atom is -0.340 e. The molecular weight excluding hydrogens is 380 g/mol. The minimum absolute atomic E-state index is 0.155. The molecule has 0 radical (unpaired) electrons. The molecule has 0 bridgehead atoms. The van der Waals surface area contributed by atoms with E-state index < -0.39 is 0 Å². The van der Waals surface area contributed by atoms with Gasteiger partial charge >= 0.3 is 0 Å². The Hall–Kier alpha value is -1.76. The van der Waals surface area contributed by atoms with Crippen LogP contribution >= 0.6 is 11.3 Å². The lowest BCUT2D eigenvalue weighted by Crippen LogP contribution is -2.50. The lowest BCUT2D eigenvalue weighted by atomic mass is 9.93. The van der Waals surface area contributed by atoms with E-state index in [1.54, 1.807) is 11.3 Å². The van der Waals surface area contributed by atoms with E-state index in [9.17, 15) is 4.79 Å². The number of likely N-dealkylation sites (tertiary alicyclic amines) is 2. The van der Waals surface area contributed by atoms with Crippen molar-refractivity contribution in [3.05, 3.63) is 52.5 Å². The molecule has 0 spiro atoms. The Morgan fingerprint density at radius 3 is 2.79 bits per heavy atom. The number of piperidine rings is 2. The molecule has 2 saturated heterocycles. The van der Waals surface area contributed by atoms with Crippen molar-refractivity contribution in [1.29, 1.82) is 0 Å². The molecule has 5 nitrogen and oxygen atoms in total. The highest BCUT2D eigenvalue weighted by Gasteiger charge is 2.32. The molecule has 0 N–H and O–H groups in total. The first-order valence-corrected chi connectivity index (χ1v) is 11.7. The maximum atomic E-state index is 13.0. The fraction of sp³-hybridized carbons (Fsp3) is 0.565. The Labute approximate surface area is 178 Å². The van der Waals surface area contributed by atoms with Crippen molar-refractivity contribution in [2.45, 2.75) is 44.8 Å². The van der Waals surface area contributed by atoms with Crippen LogP contribution in [0, 0.1) is 5.92 Å². The van der Waals surface area contributed by atoms with Gasteiger partial charge in [0.15, 0.2) is 0 Å². The number of pyridine rings is 1. The number of hydrogen-bond acceptors (Lipinski definition) is 5. The van der Waals surface area contributed by atoms with Gasteiger partial charge in [-0.15, -0.1) is 11.3 Å². The van der Waals surface area contributed by atoms with Crippen LogP contribution in [0.1, 0.15) is 36.1 Å². The third-order valence-corrected chi connectivity index (χ3v) is 7.22. The minimum atomic E-state index is 0.155. The second-order valence-corrected chi connectivity index (χ2v) is 9.51. The zero-order chi connectivity index (χ0) is 20.1. The number of carbonyl (C=O) groups excluding carboxylic acids is 1. The summed E-state index contributed by atoms with van der Waals surface area (Å²) in [4.78, 5) is 25.6. The number of amides is 1. The van der Waals surface area contributed by atoms with Crippen molar-refractivity contribution in [2.24, 2.45) is 5.92 Å².